The van der Waals surface area contributed by atoms with E-state index in [1.54, 1.807) is 18.9 Å². The first-order valence-corrected chi connectivity index (χ1v) is 9.42. The standard InChI is InChI=1S/C18H24N4O3S.BrH/c1-18(2)8-11(19-7-5-6-13(23)24-3)15-12(9-18)22-14-16(25-4)20-10-21-17(14)26-15;/h10,22H,5-9H2,1-4H3;1H. The number of aromatic nitrogens is 2. The van der Waals surface area contributed by atoms with E-state index in [0.29, 0.717) is 25.3 Å². The molecule has 1 aromatic heterocycles. The highest BCUT2D eigenvalue weighted by Crippen LogP contribution is 2.49. The van der Waals surface area contributed by atoms with Gasteiger partial charge in [-0.05, 0) is 24.7 Å². The smallest absolute Gasteiger partial charge is 0.305 e. The molecule has 9 heteroatoms. The summed E-state index contributed by atoms with van der Waals surface area (Å²) in [5.74, 6) is 0.356. The lowest BCUT2D eigenvalue weighted by molar-refractivity contribution is -0.140. The van der Waals surface area contributed by atoms with E-state index in [9.17, 15) is 4.79 Å². The fourth-order valence-electron chi connectivity index (χ4n) is 3.16. The normalized spacial score (nSPS) is 18.7. The van der Waals surface area contributed by atoms with Crippen LogP contribution < -0.4 is 10.1 Å². The van der Waals surface area contributed by atoms with Gasteiger partial charge < -0.3 is 14.8 Å². The molecule has 1 N–H and O–H groups in total. The molecular weight excluding hydrogens is 432 g/mol. The molecule has 0 saturated heterocycles. The van der Waals surface area contributed by atoms with Crippen LogP contribution in [-0.4, -0.2) is 42.4 Å². The molecule has 0 radical (unpaired) electrons. The van der Waals surface area contributed by atoms with Crippen molar-refractivity contribution in [3.8, 4) is 5.88 Å². The maximum Gasteiger partial charge on any atom is 0.305 e. The summed E-state index contributed by atoms with van der Waals surface area (Å²) in [6, 6.07) is 0. The molecule has 1 aromatic rings. The summed E-state index contributed by atoms with van der Waals surface area (Å²) in [4.78, 5) is 25.8. The fraction of sp³-hybridized carbons (Fsp3) is 0.556. The molecule has 1 aliphatic carbocycles. The van der Waals surface area contributed by atoms with Gasteiger partial charge in [0.05, 0.1) is 24.8 Å². The van der Waals surface area contributed by atoms with Crippen LogP contribution in [0.15, 0.2) is 26.9 Å². The topological polar surface area (TPSA) is 85.7 Å². The number of hydrogen-bond acceptors (Lipinski definition) is 8. The lowest BCUT2D eigenvalue weighted by atomic mass is 9.78. The third kappa shape index (κ3) is 5.01. The average Bonchev–Trinajstić information content (AvgIpc) is 2.62. The summed E-state index contributed by atoms with van der Waals surface area (Å²) in [5, 5.41) is 4.32. The van der Waals surface area contributed by atoms with Crippen molar-refractivity contribution in [3.05, 3.63) is 16.9 Å². The van der Waals surface area contributed by atoms with Crippen LogP contribution in [0.5, 0.6) is 5.88 Å². The first-order valence-electron chi connectivity index (χ1n) is 8.61. The Morgan fingerprint density at radius 2 is 2.11 bits per heavy atom. The van der Waals surface area contributed by atoms with Crippen LogP contribution in [-0.2, 0) is 9.53 Å². The van der Waals surface area contributed by atoms with E-state index >= 15 is 0 Å². The molecular formula is C18H25BrN4O3S. The number of nitrogens with zero attached hydrogens (tertiary/aromatic N) is 3. The van der Waals surface area contributed by atoms with Gasteiger partial charge in [-0.15, -0.1) is 17.0 Å². The Hall–Kier alpha value is -1.61. The number of hydrogen-bond donors (Lipinski definition) is 1. The predicted molar refractivity (Wildman–Crippen MR) is 112 cm³/mol. The molecule has 0 amide bonds. The molecule has 0 fully saturated rings. The maximum atomic E-state index is 11.3. The van der Waals surface area contributed by atoms with Gasteiger partial charge in [-0.3, -0.25) is 9.79 Å². The maximum absolute atomic E-state index is 11.3. The third-order valence-corrected chi connectivity index (χ3v) is 5.54. The van der Waals surface area contributed by atoms with Crippen molar-refractivity contribution in [2.45, 2.75) is 44.6 Å². The molecule has 0 unspecified atom stereocenters. The van der Waals surface area contributed by atoms with Gasteiger partial charge in [0.2, 0.25) is 5.88 Å². The Morgan fingerprint density at radius 1 is 1.33 bits per heavy atom. The number of ether oxygens (including phenoxy) is 2. The summed E-state index contributed by atoms with van der Waals surface area (Å²) in [7, 11) is 3.02. The van der Waals surface area contributed by atoms with E-state index in [1.807, 2.05) is 0 Å². The first kappa shape index (κ1) is 21.7. The zero-order chi connectivity index (χ0) is 18.7. The number of fused-ring (bicyclic) bond motifs is 1. The summed E-state index contributed by atoms with van der Waals surface area (Å²) >= 11 is 1.61. The Bertz CT molecular complexity index is 780. The number of halogens is 1. The minimum absolute atomic E-state index is 0. The average molecular weight is 457 g/mol. The monoisotopic (exact) mass is 456 g/mol. The summed E-state index contributed by atoms with van der Waals surface area (Å²) < 4.78 is 10.0. The van der Waals surface area contributed by atoms with Crippen LogP contribution in [0.25, 0.3) is 0 Å². The van der Waals surface area contributed by atoms with Crippen molar-refractivity contribution in [3.63, 3.8) is 0 Å². The van der Waals surface area contributed by atoms with Gasteiger partial charge in [0.25, 0.3) is 0 Å². The first-order chi connectivity index (χ1) is 12.4. The Balaban J connectivity index is 0.00000261. The highest BCUT2D eigenvalue weighted by molar-refractivity contribution is 8.93. The Labute approximate surface area is 174 Å². The van der Waals surface area contributed by atoms with Crippen LogP contribution in [0.1, 0.15) is 39.5 Å². The van der Waals surface area contributed by atoms with Crippen molar-refractivity contribution in [1.82, 2.24) is 9.97 Å². The number of rotatable bonds is 5. The van der Waals surface area contributed by atoms with Crippen LogP contribution in [0.4, 0.5) is 5.69 Å². The number of methoxy groups -OCH3 is 2. The Kier molecular flexibility index (Phi) is 7.27. The molecule has 0 atom stereocenters. The van der Waals surface area contributed by atoms with Gasteiger partial charge in [0, 0.05) is 18.7 Å². The second-order valence-corrected chi connectivity index (χ2v) is 8.12. The number of anilines is 1. The molecule has 3 rings (SSSR count). The molecule has 0 saturated carbocycles. The van der Waals surface area contributed by atoms with Crippen molar-refractivity contribution in [1.29, 1.82) is 0 Å². The molecule has 2 aliphatic rings. The molecule has 7 nitrogen and oxygen atoms in total. The number of nitrogens with one attached hydrogen (secondary N) is 1. The van der Waals surface area contributed by atoms with Crippen LogP contribution >= 0.6 is 28.7 Å². The Morgan fingerprint density at radius 3 is 2.81 bits per heavy atom. The van der Waals surface area contributed by atoms with E-state index in [4.69, 9.17) is 9.73 Å². The van der Waals surface area contributed by atoms with Gasteiger partial charge in [-0.25, -0.2) is 4.98 Å². The van der Waals surface area contributed by atoms with Crippen LogP contribution in [0, 0.1) is 5.41 Å². The highest BCUT2D eigenvalue weighted by Gasteiger charge is 2.36. The number of carbonyl (C=O) groups excluding carboxylic acids is 1. The quantitative estimate of drug-likeness (QED) is 0.406. The zero-order valence-corrected chi connectivity index (χ0v) is 18.5. The fourth-order valence-corrected chi connectivity index (χ4v) is 4.19. The van der Waals surface area contributed by atoms with E-state index in [0.717, 1.165) is 39.9 Å². The second kappa shape index (κ2) is 9.05. The predicted octanol–water partition coefficient (Wildman–Crippen LogP) is 4.01. The van der Waals surface area contributed by atoms with Crippen molar-refractivity contribution in [2.24, 2.45) is 10.4 Å². The summed E-state index contributed by atoms with van der Waals surface area (Å²) in [6.45, 7) is 5.08. The number of allylic oxidation sites excluding steroid dienone is 2. The van der Waals surface area contributed by atoms with Crippen molar-refractivity contribution < 1.29 is 14.3 Å². The van der Waals surface area contributed by atoms with E-state index in [1.165, 1.54) is 13.4 Å². The number of esters is 1. The zero-order valence-electron chi connectivity index (χ0n) is 16.0. The molecule has 1 aliphatic heterocycles. The summed E-state index contributed by atoms with van der Waals surface area (Å²) in [6.07, 6.45) is 4.41. The molecule has 0 aromatic carbocycles. The van der Waals surface area contributed by atoms with Gasteiger partial charge in [0.15, 0.2) is 0 Å². The van der Waals surface area contributed by atoms with Gasteiger partial charge in [-0.1, -0.05) is 25.6 Å². The molecule has 2 heterocycles. The number of carbonyl (C=O) groups is 1. The van der Waals surface area contributed by atoms with Gasteiger partial charge in [0.1, 0.15) is 17.0 Å². The lowest BCUT2D eigenvalue weighted by Crippen LogP contribution is -2.29. The number of aliphatic imine (C=N–C) groups is 1. The van der Waals surface area contributed by atoms with Crippen LogP contribution in [0.3, 0.4) is 0 Å². The minimum atomic E-state index is -0.194. The highest BCUT2D eigenvalue weighted by atomic mass is 79.9. The minimum Gasteiger partial charge on any atom is -0.479 e. The van der Waals surface area contributed by atoms with Gasteiger partial charge in [-0.2, -0.15) is 4.98 Å². The van der Waals surface area contributed by atoms with E-state index < -0.39 is 0 Å². The largest absolute Gasteiger partial charge is 0.479 e. The van der Waals surface area contributed by atoms with Gasteiger partial charge >= 0.3 is 5.97 Å². The molecule has 148 valence electrons. The molecule has 27 heavy (non-hydrogen) atoms. The third-order valence-electron chi connectivity index (χ3n) is 4.35. The summed E-state index contributed by atoms with van der Waals surface area (Å²) in [5.41, 5.74) is 3.13. The van der Waals surface area contributed by atoms with Crippen molar-refractivity contribution in [2.75, 3.05) is 26.1 Å². The lowest BCUT2D eigenvalue weighted by Gasteiger charge is -2.36. The van der Waals surface area contributed by atoms with E-state index in [2.05, 4.69) is 33.9 Å². The van der Waals surface area contributed by atoms with Crippen molar-refractivity contribution >= 4 is 46.1 Å². The molecule has 0 bridgehead atoms. The van der Waals surface area contributed by atoms with Crippen LogP contribution in [0.2, 0.25) is 0 Å². The number of thioether (sulfide) groups is 1. The molecule has 0 spiro atoms. The SMILES string of the molecule is Br.COC(=O)CCCN=C1CC(C)(C)CC2=C1Sc1ncnc(OC)c1N2. The second-order valence-electron chi connectivity index (χ2n) is 7.12. The van der Waals surface area contributed by atoms with E-state index in [-0.39, 0.29) is 28.4 Å².